The van der Waals surface area contributed by atoms with Crippen molar-refractivity contribution in [2.45, 2.75) is 49.6 Å². The number of amides is 2. The highest BCUT2D eigenvalue weighted by atomic mass is 16.2. The van der Waals surface area contributed by atoms with Crippen molar-refractivity contribution in [3.63, 3.8) is 0 Å². The maximum Gasteiger partial charge on any atom is 0.232 e. The highest BCUT2D eigenvalue weighted by molar-refractivity contribution is 5.89. The first-order valence-corrected chi connectivity index (χ1v) is 13.5. The van der Waals surface area contributed by atoms with E-state index < -0.39 is 11.8 Å². The molecule has 2 N–H and O–H groups in total. The van der Waals surface area contributed by atoms with Crippen LogP contribution in [-0.4, -0.2) is 23.9 Å². The van der Waals surface area contributed by atoms with Crippen LogP contribution in [0.5, 0.6) is 0 Å². The molecule has 2 atom stereocenters. The fourth-order valence-electron chi connectivity index (χ4n) is 5.58. The molecule has 5 rings (SSSR count). The molecule has 0 spiro atoms. The van der Waals surface area contributed by atoms with Gasteiger partial charge in [-0.05, 0) is 35.1 Å². The first kappa shape index (κ1) is 25.5. The largest absolute Gasteiger partial charge is 0.350 e. The first-order valence-electron chi connectivity index (χ1n) is 13.5. The second-order valence-electron chi connectivity index (χ2n) is 10.0. The molecule has 1 saturated carbocycles. The first-order chi connectivity index (χ1) is 18.7. The SMILES string of the molecule is O=C(N[C@H]1CCCC[C@H]1NC(=O)C(c1ccccc1)c1ccccc1)C(c1ccccc1)c1ccccc1. The molecule has 0 saturated heterocycles. The molecule has 0 bridgehead atoms. The predicted octanol–water partition coefficient (Wildman–Crippen LogP) is 6.19. The van der Waals surface area contributed by atoms with E-state index in [0.717, 1.165) is 47.9 Å². The zero-order valence-electron chi connectivity index (χ0n) is 21.5. The minimum absolute atomic E-state index is 0.0313. The smallest absolute Gasteiger partial charge is 0.232 e. The Morgan fingerprint density at radius 1 is 0.474 bits per heavy atom. The zero-order chi connectivity index (χ0) is 26.2. The van der Waals surface area contributed by atoms with Crippen LogP contribution in [0.2, 0.25) is 0 Å². The number of hydrogen-bond donors (Lipinski definition) is 2. The van der Waals surface area contributed by atoms with Crippen molar-refractivity contribution in [3.05, 3.63) is 144 Å². The summed E-state index contributed by atoms with van der Waals surface area (Å²) < 4.78 is 0. The number of rotatable bonds is 8. The lowest BCUT2D eigenvalue weighted by atomic mass is 9.86. The second-order valence-corrected chi connectivity index (χ2v) is 10.0. The van der Waals surface area contributed by atoms with E-state index in [0.29, 0.717) is 0 Å². The minimum atomic E-state index is -0.405. The Morgan fingerprint density at radius 3 is 1.00 bits per heavy atom. The normalized spacial score (nSPS) is 17.2. The van der Waals surface area contributed by atoms with E-state index in [1.807, 2.05) is 121 Å². The fourth-order valence-corrected chi connectivity index (χ4v) is 5.58. The Hall–Kier alpha value is -4.18. The molecule has 1 aliphatic rings. The van der Waals surface area contributed by atoms with Gasteiger partial charge in [0.2, 0.25) is 11.8 Å². The summed E-state index contributed by atoms with van der Waals surface area (Å²) in [6, 6.07) is 39.4. The van der Waals surface area contributed by atoms with Crippen molar-refractivity contribution in [1.29, 1.82) is 0 Å². The number of hydrogen-bond acceptors (Lipinski definition) is 2. The molecule has 0 unspecified atom stereocenters. The number of carbonyl (C=O) groups is 2. The summed E-state index contributed by atoms with van der Waals surface area (Å²) in [4.78, 5) is 27.6. The quantitative estimate of drug-likeness (QED) is 0.302. The third-order valence-electron chi connectivity index (χ3n) is 7.48. The second kappa shape index (κ2) is 12.4. The summed E-state index contributed by atoms with van der Waals surface area (Å²) in [7, 11) is 0. The molecule has 0 aromatic heterocycles. The van der Waals surface area contributed by atoms with E-state index in [1.165, 1.54) is 0 Å². The molecule has 192 valence electrons. The van der Waals surface area contributed by atoms with Crippen molar-refractivity contribution in [3.8, 4) is 0 Å². The van der Waals surface area contributed by atoms with E-state index in [1.54, 1.807) is 0 Å². The maximum atomic E-state index is 13.8. The van der Waals surface area contributed by atoms with Gasteiger partial charge in [0.1, 0.15) is 0 Å². The molecule has 38 heavy (non-hydrogen) atoms. The van der Waals surface area contributed by atoms with Gasteiger partial charge in [-0.25, -0.2) is 0 Å². The summed E-state index contributed by atoms with van der Waals surface area (Å²) in [5, 5.41) is 6.67. The Balaban J connectivity index is 1.37. The van der Waals surface area contributed by atoms with Crippen LogP contribution < -0.4 is 10.6 Å². The van der Waals surface area contributed by atoms with Crippen LogP contribution in [0, 0.1) is 0 Å². The number of nitrogens with one attached hydrogen (secondary N) is 2. The minimum Gasteiger partial charge on any atom is -0.350 e. The summed E-state index contributed by atoms with van der Waals surface area (Å²) in [5.41, 5.74) is 3.84. The lowest BCUT2D eigenvalue weighted by Gasteiger charge is -2.35. The molecule has 4 aromatic rings. The molecule has 2 amide bonds. The molecule has 1 aliphatic carbocycles. The topological polar surface area (TPSA) is 58.2 Å². The molecule has 0 aliphatic heterocycles. The molecule has 0 radical (unpaired) electrons. The Bertz CT molecular complexity index is 1130. The van der Waals surface area contributed by atoms with Gasteiger partial charge in [-0.2, -0.15) is 0 Å². The number of carbonyl (C=O) groups excluding carboxylic acids is 2. The molecule has 0 heterocycles. The Labute approximate surface area is 225 Å². The maximum absolute atomic E-state index is 13.8. The van der Waals surface area contributed by atoms with Gasteiger partial charge in [0.25, 0.3) is 0 Å². The standard InChI is InChI=1S/C34H34N2O2/c37-33(31(25-15-5-1-6-16-25)26-17-7-2-8-18-26)35-29-23-13-14-24-30(29)36-34(38)32(27-19-9-3-10-20-27)28-21-11-4-12-22-28/h1-12,15-22,29-32H,13-14,23-24H2,(H,35,37)(H,36,38)/t29-,30+. The van der Waals surface area contributed by atoms with Crippen molar-refractivity contribution in [1.82, 2.24) is 10.6 Å². The summed E-state index contributed by atoms with van der Waals surface area (Å²) in [6.45, 7) is 0. The van der Waals surface area contributed by atoms with Gasteiger partial charge in [-0.3, -0.25) is 9.59 Å². The Morgan fingerprint density at radius 2 is 0.737 bits per heavy atom. The van der Waals surface area contributed by atoms with E-state index >= 15 is 0 Å². The van der Waals surface area contributed by atoms with Crippen LogP contribution >= 0.6 is 0 Å². The van der Waals surface area contributed by atoms with Gasteiger partial charge in [-0.1, -0.05) is 134 Å². The van der Waals surface area contributed by atoms with E-state index in [9.17, 15) is 9.59 Å². The van der Waals surface area contributed by atoms with Gasteiger partial charge < -0.3 is 10.6 Å². The summed E-state index contributed by atoms with van der Waals surface area (Å²) in [6.07, 6.45) is 3.74. The van der Waals surface area contributed by atoms with Crippen LogP contribution in [0.25, 0.3) is 0 Å². The van der Waals surface area contributed by atoms with Crippen molar-refractivity contribution in [2.75, 3.05) is 0 Å². The van der Waals surface area contributed by atoms with Crippen molar-refractivity contribution < 1.29 is 9.59 Å². The highest BCUT2D eigenvalue weighted by Crippen LogP contribution is 2.28. The monoisotopic (exact) mass is 502 g/mol. The van der Waals surface area contributed by atoms with E-state index in [2.05, 4.69) is 10.6 Å². The van der Waals surface area contributed by atoms with Crippen LogP contribution in [0.15, 0.2) is 121 Å². The van der Waals surface area contributed by atoms with E-state index in [-0.39, 0.29) is 23.9 Å². The fraction of sp³-hybridized carbons (Fsp3) is 0.235. The average molecular weight is 503 g/mol. The predicted molar refractivity (Wildman–Crippen MR) is 152 cm³/mol. The van der Waals surface area contributed by atoms with Crippen LogP contribution in [0.4, 0.5) is 0 Å². The lowest BCUT2D eigenvalue weighted by molar-refractivity contribution is -0.125. The van der Waals surface area contributed by atoms with Crippen LogP contribution in [0.1, 0.15) is 59.8 Å². The molecule has 1 fully saturated rings. The lowest BCUT2D eigenvalue weighted by Crippen LogP contribution is -2.54. The third-order valence-corrected chi connectivity index (χ3v) is 7.48. The molecular formula is C34H34N2O2. The van der Waals surface area contributed by atoms with E-state index in [4.69, 9.17) is 0 Å². The van der Waals surface area contributed by atoms with Gasteiger partial charge in [-0.15, -0.1) is 0 Å². The molecule has 4 nitrogen and oxygen atoms in total. The van der Waals surface area contributed by atoms with Gasteiger partial charge in [0.15, 0.2) is 0 Å². The number of benzene rings is 4. The summed E-state index contributed by atoms with van der Waals surface area (Å²) in [5.74, 6) is -0.874. The average Bonchev–Trinajstić information content (AvgIpc) is 2.97. The van der Waals surface area contributed by atoms with Crippen LogP contribution in [-0.2, 0) is 9.59 Å². The van der Waals surface area contributed by atoms with Gasteiger partial charge in [0.05, 0.1) is 11.8 Å². The van der Waals surface area contributed by atoms with Crippen LogP contribution in [0.3, 0.4) is 0 Å². The molecule has 4 heteroatoms. The Kier molecular flexibility index (Phi) is 8.29. The summed E-state index contributed by atoms with van der Waals surface area (Å²) >= 11 is 0. The molecular weight excluding hydrogens is 468 g/mol. The van der Waals surface area contributed by atoms with Gasteiger partial charge >= 0.3 is 0 Å². The van der Waals surface area contributed by atoms with Crippen molar-refractivity contribution in [2.24, 2.45) is 0 Å². The zero-order valence-corrected chi connectivity index (χ0v) is 21.5. The highest BCUT2D eigenvalue weighted by Gasteiger charge is 2.33. The van der Waals surface area contributed by atoms with Crippen molar-refractivity contribution >= 4 is 11.8 Å². The molecule has 4 aromatic carbocycles. The van der Waals surface area contributed by atoms with Gasteiger partial charge in [0, 0.05) is 12.1 Å². The third kappa shape index (κ3) is 6.03.